The molecule has 5 heteroatoms. The van der Waals surface area contributed by atoms with Gasteiger partial charge in [-0.25, -0.2) is 0 Å². The summed E-state index contributed by atoms with van der Waals surface area (Å²) >= 11 is 0. The van der Waals surface area contributed by atoms with Crippen LogP contribution in [0.25, 0.3) is 0 Å². The van der Waals surface area contributed by atoms with Gasteiger partial charge in [-0.05, 0) is 46.4 Å². The van der Waals surface area contributed by atoms with Crippen molar-refractivity contribution in [3.05, 3.63) is 29.8 Å². The fourth-order valence-electron chi connectivity index (χ4n) is 2.63. The summed E-state index contributed by atoms with van der Waals surface area (Å²) in [6.07, 6.45) is 0. The molecule has 0 radical (unpaired) electrons. The number of carbonyl (C=O) groups excluding carboxylic acids is 2. The average Bonchev–Trinajstić information content (AvgIpc) is 2.50. The van der Waals surface area contributed by atoms with Crippen LogP contribution in [0.3, 0.4) is 0 Å². The topological polar surface area (TPSA) is 43.9 Å². The Balaban J connectivity index is 2.70. The van der Waals surface area contributed by atoms with E-state index in [0.29, 0.717) is 19.6 Å². The van der Waals surface area contributed by atoms with E-state index in [1.807, 2.05) is 59.0 Å². The monoisotopic (exact) mass is 319 g/mol. The van der Waals surface area contributed by atoms with E-state index in [1.165, 1.54) is 0 Å². The number of rotatable bonds is 8. The maximum Gasteiger partial charge on any atom is 0.241 e. The number of carbonyl (C=O) groups is 2. The maximum atomic E-state index is 12.6. The Morgan fingerprint density at radius 3 is 2.00 bits per heavy atom. The van der Waals surface area contributed by atoms with Gasteiger partial charge in [0.25, 0.3) is 0 Å². The van der Waals surface area contributed by atoms with Gasteiger partial charge in [0.2, 0.25) is 11.8 Å². The third-order valence-electron chi connectivity index (χ3n) is 3.95. The van der Waals surface area contributed by atoms with Crippen molar-refractivity contribution in [1.82, 2.24) is 9.80 Å². The highest BCUT2D eigenvalue weighted by Crippen LogP contribution is 2.19. The van der Waals surface area contributed by atoms with Crippen molar-refractivity contribution >= 4 is 17.5 Å². The minimum Gasteiger partial charge on any atom is -0.342 e. The van der Waals surface area contributed by atoms with E-state index in [0.717, 1.165) is 11.3 Å². The molecular weight excluding hydrogens is 290 g/mol. The SMILES string of the molecule is CCN(CC)C(=O)CN(C)CC(=O)N(CC)c1ccccc1C. The van der Waals surface area contributed by atoms with Crippen LogP contribution < -0.4 is 4.90 Å². The van der Waals surface area contributed by atoms with Crippen LogP contribution in [0.5, 0.6) is 0 Å². The minimum absolute atomic E-state index is 0.0108. The van der Waals surface area contributed by atoms with Gasteiger partial charge in [0.15, 0.2) is 0 Å². The first kappa shape index (κ1) is 19.2. The Kier molecular flexibility index (Phi) is 7.75. The molecule has 0 N–H and O–H groups in total. The van der Waals surface area contributed by atoms with E-state index in [4.69, 9.17) is 0 Å². The van der Waals surface area contributed by atoms with Gasteiger partial charge in [-0.15, -0.1) is 0 Å². The molecule has 0 aromatic heterocycles. The molecule has 0 saturated heterocycles. The summed E-state index contributed by atoms with van der Waals surface area (Å²) in [5.41, 5.74) is 2.01. The molecule has 1 aromatic rings. The Hall–Kier alpha value is -1.88. The highest BCUT2D eigenvalue weighted by molar-refractivity contribution is 5.95. The molecule has 1 aromatic carbocycles. The van der Waals surface area contributed by atoms with Gasteiger partial charge in [-0.3, -0.25) is 14.5 Å². The van der Waals surface area contributed by atoms with Gasteiger partial charge < -0.3 is 9.80 Å². The third-order valence-corrected chi connectivity index (χ3v) is 3.95. The normalized spacial score (nSPS) is 10.7. The van der Waals surface area contributed by atoms with Crippen LogP contribution in [0.15, 0.2) is 24.3 Å². The van der Waals surface area contributed by atoms with Crippen molar-refractivity contribution in [3.8, 4) is 0 Å². The van der Waals surface area contributed by atoms with Crippen LogP contribution in [0.1, 0.15) is 26.3 Å². The van der Waals surface area contributed by atoms with Gasteiger partial charge in [0, 0.05) is 25.3 Å². The third kappa shape index (κ3) is 5.36. The number of anilines is 1. The Morgan fingerprint density at radius 1 is 0.913 bits per heavy atom. The number of likely N-dealkylation sites (N-methyl/N-ethyl adjacent to an activating group) is 3. The zero-order valence-electron chi connectivity index (χ0n) is 15.0. The molecule has 1 rings (SSSR count). The molecule has 0 heterocycles. The zero-order valence-corrected chi connectivity index (χ0v) is 15.0. The summed E-state index contributed by atoms with van der Waals surface area (Å²) in [5, 5.41) is 0. The van der Waals surface area contributed by atoms with Crippen molar-refractivity contribution < 1.29 is 9.59 Å². The van der Waals surface area contributed by atoms with Crippen molar-refractivity contribution in [1.29, 1.82) is 0 Å². The molecule has 0 spiro atoms. The van der Waals surface area contributed by atoms with Crippen molar-refractivity contribution in [2.24, 2.45) is 0 Å². The Bertz CT molecular complexity index is 527. The summed E-state index contributed by atoms with van der Waals surface area (Å²) in [4.78, 5) is 30.0. The van der Waals surface area contributed by atoms with Crippen LogP contribution in [0.2, 0.25) is 0 Å². The molecule has 0 aliphatic heterocycles. The molecule has 0 aliphatic carbocycles. The van der Waals surface area contributed by atoms with E-state index in [-0.39, 0.29) is 24.9 Å². The summed E-state index contributed by atoms with van der Waals surface area (Å²) in [7, 11) is 1.81. The van der Waals surface area contributed by atoms with Crippen molar-refractivity contribution in [2.45, 2.75) is 27.7 Å². The Labute approximate surface area is 139 Å². The van der Waals surface area contributed by atoms with E-state index < -0.39 is 0 Å². The molecule has 0 saturated carbocycles. The molecule has 0 unspecified atom stereocenters. The van der Waals surface area contributed by atoms with Crippen LogP contribution in [0.4, 0.5) is 5.69 Å². The predicted molar refractivity (Wildman–Crippen MR) is 94.6 cm³/mol. The Morgan fingerprint density at radius 2 is 1.48 bits per heavy atom. The van der Waals surface area contributed by atoms with Crippen LogP contribution >= 0.6 is 0 Å². The second kappa shape index (κ2) is 9.30. The van der Waals surface area contributed by atoms with Crippen LogP contribution in [0, 0.1) is 6.92 Å². The molecule has 0 fully saturated rings. The number of para-hydroxylation sites is 1. The first-order chi connectivity index (χ1) is 10.9. The number of hydrogen-bond acceptors (Lipinski definition) is 3. The summed E-state index contributed by atoms with van der Waals surface area (Å²) < 4.78 is 0. The van der Waals surface area contributed by atoms with Crippen molar-refractivity contribution in [2.75, 3.05) is 44.7 Å². The molecular formula is C18H29N3O2. The largest absolute Gasteiger partial charge is 0.342 e. The highest BCUT2D eigenvalue weighted by atomic mass is 16.2. The molecule has 0 bridgehead atoms. The lowest BCUT2D eigenvalue weighted by Crippen LogP contribution is -2.44. The molecule has 0 aliphatic rings. The van der Waals surface area contributed by atoms with Gasteiger partial charge >= 0.3 is 0 Å². The second-order valence-electron chi connectivity index (χ2n) is 5.66. The van der Waals surface area contributed by atoms with E-state index in [9.17, 15) is 9.59 Å². The molecule has 0 atom stereocenters. The number of hydrogen-bond donors (Lipinski definition) is 0. The predicted octanol–water partition coefficient (Wildman–Crippen LogP) is 2.15. The first-order valence-electron chi connectivity index (χ1n) is 8.26. The smallest absolute Gasteiger partial charge is 0.241 e. The minimum atomic E-state index is 0.0108. The van der Waals surface area contributed by atoms with Gasteiger partial charge in [-0.1, -0.05) is 18.2 Å². The van der Waals surface area contributed by atoms with Crippen LogP contribution in [-0.4, -0.2) is 61.4 Å². The number of aryl methyl sites for hydroxylation is 1. The van der Waals surface area contributed by atoms with Crippen molar-refractivity contribution in [3.63, 3.8) is 0 Å². The van der Waals surface area contributed by atoms with Crippen LogP contribution in [-0.2, 0) is 9.59 Å². The second-order valence-corrected chi connectivity index (χ2v) is 5.66. The fraction of sp³-hybridized carbons (Fsp3) is 0.556. The standard InChI is InChI=1S/C18H29N3O2/c1-6-20(7-2)17(22)13-19(5)14-18(23)21(8-3)16-12-10-9-11-15(16)4/h9-12H,6-8,13-14H2,1-5H3. The lowest BCUT2D eigenvalue weighted by molar-refractivity contribution is -0.132. The lowest BCUT2D eigenvalue weighted by Gasteiger charge is -2.27. The fourth-order valence-corrected chi connectivity index (χ4v) is 2.63. The summed E-state index contributed by atoms with van der Waals surface area (Å²) in [6, 6.07) is 7.86. The summed E-state index contributed by atoms with van der Waals surface area (Å²) in [6.45, 7) is 10.4. The molecule has 2 amide bonds. The molecule has 23 heavy (non-hydrogen) atoms. The maximum absolute atomic E-state index is 12.6. The van der Waals surface area contributed by atoms with E-state index in [2.05, 4.69) is 0 Å². The average molecular weight is 319 g/mol. The van der Waals surface area contributed by atoms with Gasteiger partial charge in [-0.2, -0.15) is 0 Å². The lowest BCUT2D eigenvalue weighted by atomic mass is 10.2. The van der Waals surface area contributed by atoms with E-state index in [1.54, 1.807) is 14.7 Å². The van der Waals surface area contributed by atoms with E-state index >= 15 is 0 Å². The highest BCUT2D eigenvalue weighted by Gasteiger charge is 2.19. The quantitative estimate of drug-likeness (QED) is 0.737. The first-order valence-corrected chi connectivity index (χ1v) is 8.26. The summed E-state index contributed by atoms with van der Waals surface area (Å²) in [5.74, 6) is 0.0703. The zero-order chi connectivity index (χ0) is 17.4. The number of nitrogens with zero attached hydrogens (tertiary/aromatic N) is 3. The van der Waals surface area contributed by atoms with Gasteiger partial charge in [0.1, 0.15) is 0 Å². The number of amides is 2. The number of benzene rings is 1. The molecule has 128 valence electrons. The van der Waals surface area contributed by atoms with Gasteiger partial charge in [0.05, 0.1) is 13.1 Å². The molecule has 5 nitrogen and oxygen atoms in total.